The monoisotopic (exact) mass is 89.1 g/mol. The maximum absolute atomic E-state index is 8.32. The fraction of sp³-hybridized carbons (Fsp3) is 0.750. The molecule has 2 heteroatoms. The molecular weight excluding hydrogens is 80.0 g/mol. The average molecular weight is 89.1 g/mol. The molecule has 1 radical (unpaired) electrons. The topological polar surface area (TPSA) is 29.5 Å². The fourth-order valence-corrected chi connectivity index (χ4v) is 0.192. The first-order chi connectivity index (χ1) is 2.77. The van der Waals surface area contributed by atoms with Gasteiger partial charge in [0.25, 0.3) is 0 Å². The van der Waals surface area contributed by atoms with Crippen LogP contribution in [0.2, 0.25) is 0 Å². The summed E-state index contributed by atoms with van der Waals surface area (Å²) in [4.78, 5) is 0. The van der Waals surface area contributed by atoms with Gasteiger partial charge >= 0.3 is 0 Å². The summed E-state index contributed by atoms with van der Waals surface area (Å²) in [7, 11) is 1.52. The summed E-state index contributed by atoms with van der Waals surface area (Å²) >= 11 is 0. The van der Waals surface area contributed by atoms with E-state index in [1.807, 2.05) is 0 Å². The molecule has 0 rings (SSSR count). The molecule has 0 heterocycles. The van der Waals surface area contributed by atoms with E-state index < -0.39 is 6.10 Å². The molecule has 6 heavy (non-hydrogen) atoms. The second-order valence-electron chi connectivity index (χ2n) is 1.11. The van der Waals surface area contributed by atoms with Gasteiger partial charge in [0.05, 0.1) is 12.7 Å². The molecule has 0 aliphatic heterocycles. The van der Waals surface area contributed by atoms with Crippen LogP contribution in [0.15, 0.2) is 0 Å². The van der Waals surface area contributed by atoms with Crippen LogP contribution in [-0.4, -0.2) is 24.9 Å². The molecule has 0 bridgehead atoms. The van der Waals surface area contributed by atoms with Crippen LogP contribution in [0, 0.1) is 6.92 Å². The maximum Gasteiger partial charge on any atom is 0.0774 e. The second kappa shape index (κ2) is 3.12. The van der Waals surface area contributed by atoms with Crippen LogP contribution in [0.3, 0.4) is 0 Å². The van der Waals surface area contributed by atoms with Crippen molar-refractivity contribution in [2.24, 2.45) is 0 Å². The highest BCUT2D eigenvalue weighted by molar-refractivity contribution is 4.51. The summed E-state index contributed by atoms with van der Waals surface area (Å²) in [6, 6.07) is 0. The standard InChI is InChI=1S/C4H9O2/c1-4(5)3-6-2/h4-5H,1,3H2,2H3. The van der Waals surface area contributed by atoms with Gasteiger partial charge in [-0.25, -0.2) is 0 Å². The van der Waals surface area contributed by atoms with Gasteiger partial charge in [-0.3, -0.25) is 0 Å². The number of rotatable bonds is 2. The Labute approximate surface area is 37.7 Å². The van der Waals surface area contributed by atoms with E-state index in [0.717, 1.165) is 0 Å². The Hall–Kier alpha value is -0.0800. The number of ether oxygens (including phenoxy) is 1. The molecule has 0 aromatic rings. The largest absolute Gasteiger partial charge is 0.391 e. The molecule has 0 spiro atoms. The van der Waals surface area contributed by atoms with Gasteiger partial charge in [-0.05, 0) is 6.92 Å². The quantitative estimate of drug-likeness (QED) is 0.509. The first kappa shape index (κ1) is 5.92. The van der Waals surface area contributed by atoms with E-state index >= 15 is 0 Å². The molecule has 0 amide bonds. The number of aliphatic hydroxyl groups is 1. The fourth-order valence-electron chi connectivity index (χ4n) is 0.192. The number of hydrogen-bond acceptors (Lipinski definition) is 2. The highest BCUT2D eigenvalue weighted by Crippen LogP contribution is 1.74. The Morgan fingerprint density at radius 1 is 2.00 bits per heavy atom. The smallest absolute Gasteiger partial charge is 0.0774 e. The van der Waals surface area contributed by atoms with E-state index in [1.165, 1.54) is 7.11 Å². The predicted molar refractivity (Wildman–Crippen MR) is 23.2 cm³/mol. The van der Waals surface area contributed by atoms with Crippen molar-refractivity contribution in [3.05, 3.63) is 6.92 Å². The molecule has 0 aliphatic carbocycles. The van der Waals surface area contributed by atoms with Gasteiger partial charge < -0.3 is 9.84 Å². The molecule has 0 saturated heterocycles. The minimum Gasteiger partial charge on any atom is -0.391 e. The van der Waals surface area contributed by atoms with Crippen molar-refractivity contribution in [1.82, 2.24) is 0 Å². The Morgan fingerprint density at radius 2 is 2.50 bits per heavy atom. The summed E-state index contributed by atoms with van der Waals surface area (Å²) in [5.41, 5.74) is 0. The number of aliphatic hydroxyl groups excluding tert-OH is 1. The zero-order chi connectivity index (χ0) is 4.99. The van der Waals surface area contributed by atoms with E-state index in [0.29, 0.717) is 6.61 Å². The van der Waals surface area contributed by atoms with E-state index in [2.05, 4.69) is 11.7 Å². The van der Waals surface area contributed by atoms with Crippen LogP contribution in [0.25, 0.3) is 0 Å². The first-order valence-electron chi connectivity index (χ1n) is 1.77. The van der Waals surface area contributed by atoms with Gasteiger partial charge in [0.15, 0.2) is 0 Å². The van der Waals surface area contributed by atoms with Gasteiger partial charge in [-0.2, -0.15) is 0 Å². The van der Waals surface area contributed by atoms with Crippen molar-refractivity contribution in [2.45, 2.75) is 6.10 Å². The summed E-state index contributed by atoms with van der Waals surface area (Å²) in [5, 5.41) is 8.32. The van der Waals surface area contributed by atoms with Crippen molar-refractivity contribution < 1.29 is 9.84 Å². The Balaban J connectivity index is 2.63. The molecule has 0 aliphatic rings. The van der Waals surface area contributed by atoms with Gasteiger partial charge in [-0.15, -0.1) is 0 Å². The minimum absolute atomic E-state index is 0.319. The van der Waals surface area contributed by atoms with Crippen LogP contribution in [0.1, 0.15) is 0 Å². The second-order valence-corrected chi connectivity index (χ2v) is 1.11. The minimum atomic E-state index is -0.574. The van der Waals surface area contributed by atoms with E-state index in [-0.39, 0.29) is 0 Å². The molecule has 37 valence electrons. The predicted octanol–water partition coefficient (Wildman–Crippen LogP) is -0.172. The highest BCUT2D eigenvalue weighted by atomic mass is 16.5. The third-order valence-corrected chi connectivity index (χ3v) is 0.359. The zero-order valence-corrected chi connectivity index (χ0v) is 3.85. The Kier molecular flexibility index (Phi) is 3.08. The summed E-state index contributed by atoms with van der Waals surface area (Å²) in [6.45, 7) is 3.58. The van der Waals surface area contributed by atoms with Crippen molar-refractivity contribution in [3.63, 3.8) is 0 Å². The average Bonchev–Trinajstić information content (AvgIpc) is 1.35. The first-order valence-corrected chi connectivity index (χ1v) is 1.77. The van der Waals surface area contributed by atoms with Gasteiger partial charge in [0.1, 0.15) is 0 Å². The molecule has 0 aromatic carbocycles. The number of methoxy groups -OCH3 is 1. The van der Waals surface area contributed by atoms with Gasteiger partial charge in [-0.1, -0.05) is 0 Å². The summed E-state index contributed by atoms with van der Waals surface area (Å²) in [5.74, 6) is 0. The lowest BCUT2D eigenvalue weighted by Gasteiger charge is -1.97. The normalized spacial score (nSPS) is 14.5. The van der Waals surface area contributed by atoms with Crippen LogP contribution < -0.4 is 0 Å². The van der Waals surface area contributed by atoms with Crippen LogP contribution in [0.4, 0.5) is 0 Å². The molecule has 1 unspecified atom stereocenters. The van der Waals surface area contributed by atoms with E-state index in [4.69, 9.17) is 5.11 Å². The lowest BCUT2D eigenvalue weighted by molar-refractivity contribution is 0.0917. The lowest BCUT2D eigenvalue weighted by Crippen LogP contribution is -2.07. The number of hydrogen-bond donors (Lipinski definition) is 1. The SMILES string of the molecule is [CH2]C(O)COC. The summed E-state index contributed by atoms with van der Waals surface area (Å²) < 4.78 is 4.49. The van der Waals surface area contributed by atoms with Gasteiger partial charge in [0, 0.05) is 7.11 Å². The highest BCUT2D eigenvalue weighted by Gasteiger charge is 1.87. The third-order valence-electron chi connectivity index (χ3n) is 0.359. The van der Waals surface area contributed by atoms with Crippen LogP contribution in [0.5, 0.6) is 0 Å². The Morgan fingerprint density at radius 3 is 2.50 bits per heavy atom. The van der Waals surface area contributed by atoms with Crippen molar-refractivity contribution in [1.29, 1.82) is 0 Å². The molecule has 0 fully saturated rings. The van der Waals surface area contributed by atoms with E-state index in [9.17, 15) is 0 Å². The van der Waals surface area contributed by atoms with Gasteiger partial charge in [0.2, 0.25) is 0 Å². The summed E-state index contributed by atoms with van der Waals surface area (Å²) in [6.07, 6.45) is -0.574. The molecule has 1 atom stereocenters. The van der Waals surface area contributed by atoms with Crippen LogP contribution >= 0.6 is 0 Å². The molecular formula is C4H9O2. The molecule has 1 N–H and O–H groups in total. The molecule has 0 saturated carbocycles. The molecule has 2 nitrogen and oxygen atoms in total. The lowest BCUT2D eigenvalue weighted by atomic mass is 10.5. The molecule has 0 aromatic heterocycles. The Bertz CT molecular complexity index is 26.7. The van der Waals surface area contributed by atoms with Crippen molar-refractivity contribution >= 4 is 0 Å². The van der Waals surface area contributed by atoms with E-state index in [1.54, 1.807) is 0 Å². The maximum atomic E-state index is 8.32. The van der Waals surface area contributed by atoms with Crippen molar-refractivity contribution in [2.75, 3.05) is 13.7 Å². The van der Waals surface area contributed by atoms with Crippen molar-refractivity contribution in [3.8, 4) is 0 Å². The third kappa shape index (κ3) is 3.92. The zero-order valence-electron chi connectivity index (χ0n) is 3.85. The van der Waals surface area contributed by atoms with Crippen LogP contribution in [-0.2, 0) is 4.74 Å².